The van der Waals surface area contributed by atoms with E-state index in [1.54, 1.807) is 33.7 Å². The van der Waals surface area contributed by atoms with Crippen molar-refractivity contribution in [1.29, 1.82) is 0 Å². The first kappa shape index (κ1) is 25.8. The average molecular weight is 501 g/mol. The standard InChI is InChI=1S/C26H30Cl2N4O2/c1-17(2)12-25(34)31(14-18(3)4)16-24(33)30-26-29-23(19-8-10-20(27)11-9-19)15-32(26)22-7-5-6-21(28)13-22/h5-11,13,15,17-18H,12,14,16H2,1-4H3,(H,29,30,33). The van der Waals surface area contributed by atoms with Gasteiger partial charge in [0.25, 0.3) is 0 Å². The summed E-state index contributed by atoms with van der Waals surface area (Å²) in [5.41, 5.74) is 2.28. The van der Waals surface area contributed by atoms with Crippen LogP contribution in [0.5, 0.6) is 0 Å². The molecule has 2 aromatic carbocycles. The molecule has 0 aliphatic rings. The topological polar surface area (TPSA) is 67.2 Å². The second kappa shape index (κ2) is 11.5. The van der Waals surface area contributed by atoms with Gasteiger partial charge in [-0.2, -0.15) is 0 Å². The molecule has 2 amide bonds. The van der Waals surface area contributed by atoms with E-state index >= 15 is 0 Å². The molecule has 0 saturated carbocycles. The average Bonchev–Trinajstić information content (AvgIpc) is 3.16. The summed E-state index contributed by atoms with van der Waals surface area (Å²) < 4.78 is 1.77. The molecule has 0 bridgehead atoms. The fourth-order valence-corrected chi connectivity index (χ4v) is 3.87. The first-order valence-electron chi connectivity index (χ1n) is 11.3. The zero-order valence-corrected chi connectivity index (χ0v) is 21.4. The number of carbonyl (C=O) groups is 2. The van der Waals surface area contributed by atoms with Crippen LogP contribution in [0.1, 0.15) is 34.1 Å². The fraction of sp³-hybridized carbons (Fsp3) is 0.346. The molecular formula is C26H30Cl2N4O2. The number of nitrogens with zero attached hydrogens (tertiary/aromatic N) is 3. The maximum absolute atomic E-state index is 13.0. The number of benzene rings is 2. The minimum Gasteiger partial charge on any atom is -0.333 e. The number of halogens is 2. The summed E-state index contributed by atoms with van der Waals surface area (Å²) in [6.45, 7) is 8.51. The molecule has 6 nitrogen and oxygen atoms in total. The first-order valence-corrected chi connectivity index (χ1v) is 12.1. The zero-order valence-electron chi connectivity index (χ0n) is 19.9. The number of aromatic nitrogens is 2. The highest BCUT2D eigenvalue weighted by atomic mass is 35.5. The van der Waals surface area contributed by atoms with E-state index in [0.717, 1.165) is 11.3 Å². The molecule has 0 spiro atoms. The Bertz CT molecular complexity index is 1140. The molecule has 0 aliphatic carbocycles. The summed E-state index contributed by atoms with van der Waals surface area (Å²) in [5.74, 6) is 0.467. The molecule has 0 aliphatic heterocycles. The Morgan fingerprint density at radius 2 is 1.71 bits per heavy atom. The number of carbonyl (C=O) groups excluding carboxylic acids is 2. The summed E-state index contributed by atoms with van der Waals surface area (Å²) in [5, 5.41) is 4.09. The Labute approximate surface area is 210 Å². The van der Waals surface area contributed by atoms with Crippen LogP contribution in [0.2, 0.25) is 10.0 Å². The van der Waals surface area contributed by atoms with Crippen LogP contribution < -0.4 is 5.32 Å². The second-order valence-corrected chi connectivity index (χ2v) is 9.99. The van der Waals surface area contributed by atoms with Gasteiger partial charge in [0.1, 0.15) is 0 Å². The molecule has 0 unspecified atom stereocenters. The summed E-state index contributed by atoms with van der Waals surface area (Å²) in [4.78, 5) is 32.0. The van der Waals surface area contributed by atoms with Crippen molar-refractivity contribution in [3.63, 3.8) is 0 Å². The number of rotatable bonds is 9. The van der Waals surface area contributed by atoms with E-state index in [0.29, 0.717) is 34.7 Å². The molecule has 1 aromatic heterocycles. The highest BCUT2D eigenvalue weighted by Crippen LogP contribution is 2.26. The van der Waals surface area contributed by atoms with Crippen LogP contribution in [0.3, 0.4) is 0 Å². The van der Waals surface area contributed by atoms with Gasteiger partial charge in [-0.25, -0.2) is 4.98 Å². The number of nitrogens with one attached hydrogen (secondary N) is 1. The van der Waals surface area contributed by atoms with Crippen molar-refractivity contribution in [3.05, 3.63) is 64.8 Å². The van der Waals surface area contributed by atoms with Gasteiger partial charge in [-0.05, 0) is 42.2 Å². The highest BCUT2D eigenvalue weighted by molar-refractivity contribution is 6.31. The van der Waals surface area contributed by atoms with Crippen LogP contribution in [0.4, 0.5) is 5.95 Å². The number of amides is 2. The minimum atomic E-state index is -0.311. The number of imidazole rings is 1. The zero-order chi connectivity index (χ0) is 24.8. The predicted molar refractivity (Wildman–Crippen MR) is 139 cm³/mol. The lowest BCUT2D eigenvalue weighted by Gasteiger charge is -2.25. The molecule has 0 saturated heterocycles. The fourth-order valence-electron chi connectivity index (χ4n) is 3.56. The molecule has 3 rings (SSSR count). The minimum absolute atomic E-state index is 0.0288. The molecule has 3 aromatic rings. The van der Waals surface area contributed by atoms with Crippen molar-refractivity contribution >= 4 is 41.0 Å². The second-order valence-electron chi connectivity index (χ2n) is 9.12. The van der Waals surface area contributed by atoms with Gasteiger partial charge in [0, 0.05) is 40.5 Å². The normalized spacial score (nSPS) is 11.2. The van der Waals surface area contributed by atoms with Crippen molar-refractivity contribution in [1.82, 2.24) is 14.5 Å². The number of hydrogen-bond acceptors (Lipinski definition) is 3. The van der Waals surface area contributed by atoms with E-state index in [2.05, 4.69) is 10.3 Å². The van der Waals surface area contributed by atoms with Gasteiger partial charge in [-0.1, -0.05) is 69.1 Å². The highest BCUT2D eigenvalue weighted by Gasteiger charge is 2.21. The SMILES string of the molecule is CC(C)CC(=O)N(CC(=O)Nc1nc(-c2ccc(Cl)cc2)cn1-c1cccc(Cl)c1)CC(C)C. The van der Waals surface area contributed by atoms with Gasteiger partial charge in [-0.3, -0.25) is 19.5 Å². The molecule has 1 N–H and O–H groups in total. The smallest absolute Gasteiger partial charge is 0.246 e. The van der Waals surface area contributed by atoms with Crippen molar-refractivity contribution < 1.29 is 9.59 Å². The Kier molecular flexibility index (Phi) is 8.75. The maximum atomic E-state index is 13.0. The molecule has 0 fully saturated rings. The van der Waals surface area contributed by atoms with E-state index in [1.165, 1.54) is 0 Å². The third kappa shape index (κ3) is 7.08. The van der Waals surface area contributed by atoms with Crippen molar-refractivity contribution in [3.8, 4) is 16.9 Å². The molecule has 180 valence electrons. The Balaban J connectivity index is 1.90. The third-order valence-electron chi connectivity index (χ3n) is 5.04. The van der Waals surface area contributed by atoms with E-state index in [-0.39, 0.29) is 30.2 Å². The van der Waals surface area contributed by atoms with Crippen LogP contribution in [0.25, 0.3) is 16.9 Å². The summed E-state index contributed by atoms with van der Waals surface area (Å²) in [7, 11) is 0. The van der Waals surface area contributed by atoms with E-state index < -0.39 is 0 Å². The lowest BCUT2D eigenvalue weighted by atomic mass is 10.1. The quantitative estimate of drug-likeness (QED) is 0.373. The van der Waals surface area contributed by atoms with Crippen LogP contribution >= 0.6 is 23.2 Å². The van der Waals surface area contributed by atoms with Crippen LogP contribution in [0.15, 0.2) is 54.7 Å². The summed E-state index contributed by atoms with van der Waals surface area (Å²) >= 11 is 12.2. The molecule has 8 heteroatoms. The van der Waals surface area contributed by atoms with Crippen LogP contribution in [0, 0.1) is 11.8 Å². The lowest BCUT2D eigenvalue weighted by molar-refractivity contribution is -0.135. The first-order chi connectivity index (χ1) is 16.1. The van der Waals surface area contributed by atoms with E-state index in [4.69, 9.17) is 23.2 Å². The summed E-state index contributed by atoms with van der Waals surface area (Å²) in [6, 6.07) is 14.6. The summed E-state index contributed by atoms with van der Waals surface area (Å²) in [6.07, 6.45) is 2.23. The van der Waals surface area contributed by atoms with Gasteiger partial charge in [-0.15, -0.1) is 0 Å². The van der Waals surface area contributed by atoms with Gasteiger partial charge in [0.2, 0.25) is 17.8 Å². The van der Waals surface area contributed by atoms with Gasteiger partial charge in [0.15, 0.2) is 0 Å². The lowest BCUT2D eigenvalue weighted by Crippen LogP contribution is -2.40. The number of anilines is 1. The van der Waals surface area contributed by atoms with Crippen molar-refractivity contribution in [2.75, 3.05) is 18.4 Å². The van der Waals surface area contributed by atoms with E-state index in [9.17, 15) is 9.59 Å². The molecule has 0 radical (unpaired) electrons. The van der Waals surface area contributed by atoms with Gasteiger partial charge >= 0.3 is 0 Å². The van der Waals surface area contributed by atoms with Crippen LogP contribution in [-0.4, -0.2) is 39.4 Å². The molecule has 0 atom stereocenters. The van der Waals surface area contributed by atoms with Crippen LogP contribution in [-0.2, 0) is 9.59 Å². The largest absolute Gasteiger partial charge is 0.333 e. The molecule has 1 heterocycles. The molecule has 34 heavy (non-hydrogen) atoms. The Hall–Kier alpha value is -2.83. The third-order valence-corrected chi connectivity index (χ3v) is 5.53. The van der Waals surface area contributed by atoms with Crippen molar-refractivity contribution in [2.45, 2.75) is 34.1 Å². The predicted octanol–water partition coefficient (Wildman–Crippen LogP) is 6.32. The van der Waals surface area contributed by atoms with Crippen molar-refractivity contribution in [2.24, 2.45) is 11.8 Å². The van der Waals surface area contributed by atoms with E-state index in [1.807, 2.05) is 58.2 Å². The monoisotopic (exact) mass is 500 g/mol. The van der Waals surface area contributed by atoms with Gasteiger partial charge in [0.05, 0.1) is 12.2 Å². The molecular weight excluding hydrogens is 471 g/mol. The Morgan fingerprint density at radius 3 is 2.32 bits per heavy atom. The maximum Gasteiger partial charge on any atom is 0.246 e. The Morgan fingerprint density at radius 1 is 1.00 bits per heavy atom. The number of hydrogen-bond donors (Lipinski definition) is 1. The van der Waals surface area contributed by atoms with Gasteiger partial charge < -0.3 is 4.90 Å².